The van der Waals surface area contributed by atoms with E-state index in [1.165, 1.54) is 11.1 Å². The van der Waals surface area contributed by atoms with E-state index in [1.807, 2.05) is 43.3 Å². The quantitative estimate of drug-likeness (QED) is 0.790. The zero-order valence-corrected chi connectivity index (χ0v) is 13.4. The third kappa shape index (κ3) is 2.72. The normalized spacial score (nSPS) is 10.7. The number of fused-ring (bicyclic) bond motifs is 1. The first-order valence-corrected chi connectivity index (χ1v) is 7.33. The summed E-state index contributed by atoms with van der Waals surface area (Å²) in [4.78, 5) is 11.3. The third-order valence-electron chi connectivity index (χ3n) is 3.65. The number of benzene rings is 2. The smallest absolute Gasteiger partial charge is 0.229 e. The lowest BCUT2D eigenvalue weighted by atomic mass is 10.1. The molecule has 4 heteroatoms. The molecule has 4 nitrogen and oxygen atoms in total. The number of anilines is 3. The Morgan fingerprint density at radius 3 is 2.50 bits per heavy atom. The standard InChI is InChI=1S/C18H20N4/c1-12-9-10-13(2)16(11-12)20-18-19-15-8-6-5-7-14(15)17(21-18)22(3)4/h5-11H,1-4H3,(H,19,20,21). The van der Waals surface area contributed by atoms with Gasteiger partial charge in [0, 0.05) is 25.2 Å². The van der Waals surface area contributed by atoms with Crippen molar-refractivity contribution in [2.24, 2.45) is 0 Å². The molecule has 0 bridgehead atoms. The highest BCUT2D eigenvalue weighted by molar-refractivity contribution is 5.90. The lowest BCUT2D eigenvalue weighted by Crippen LogP contribution is -2.13. The summed E-state index contributed by atoms with van der Waals surface area (Å²) in [5, 5.41) is 4.41. The summed E-state index contributed by atoms with van der Waals surface area (Å²) >= 11 is 0. The van der Waals surface area contributed by atoms with Crippen LogP contribution in [-0.4, -0.2) is 24.1 Å². The average Bonchev–Trinajstić information content (AvgIpc) is 2.50. The van der Waals surface area contributed by atoms with Gasteiger partial charge >= 0.3 is 0 Å². The van der Waals surface area contributed by atoms with E-state index in [0.29, 0.717) is 5.95 Å². The second-order valence-electron chi connectivity index (χ2n) is 5.73. The van der Waals surface area contributed by atoms with Crippen LogP contribution in [0.5, 0.6) is 0 Å². The van der Waals surface area contributed by atoms with Crippen LogP contribution in [0.4, 0.5) is 17.5 Å². The molecule has 0 saturated heterocycles. The SMILES string of the molecule is Cc1ccc(C)c(Nc2nc(N(C)C)c3ccccc3n2)c1. The molecule has 1 heterocycles. The van der Waals surface area contributed by atoms with E-state index in [1.54, 1.807) is 0 Å². The van der Waals surface area contributed by atoms with E-state index in [-0.39, 0.29) is 0 Å². The molecule has 1 aromatic heterocycles. The summed E-state index contributed by atoms with van der Waals surface area (Å²) in [7, 11) is 3.99. The Balaban J connectivity index is 2.09. The molecule has 1 N–H and O–H groups in total. The van der Waals surface area contributed by atoms with E-state index in [0.717, 1.165) is 22.4 Å². The summed E-state index contributed by atoms with van der Waals surface area (Å²) < 4.78 is 0. The van der Waals surface area contributed by atoms with Gasteiger partial charge in [0.1, 0.15) is 5.82 Å². The van der Waals surface area contributed by atoms with Crippen LogP contribution in [0.1, 0.15) is 11.1 Å². The van der Waals surface area contributed by atoms with E-state index in [2.05, 4.69) is 47.3 Å². The molecule has 0 amide bonds. The van der Waals surface area contributed by atoms with Gasteiger partial charge in [-0.3, -0.25) is 0 Å². The van der Waals surface area contributed by atoms with Crippen LogP contribution >= 0.6 is 0 Å². The van der Waals surface area contributed by atoms with Gasteiger partial charge in [-0.05, 0) is 43.2 Å². The van der Waals surface area contributed by atoms with Gasteiger partial charge in [0.2, 0.25) is 5.95 Å². The maximum Gasteiger partial charge on any atom is 0.229 e. The minimum atomic E-state index is 0.621. The second-order valence-corrected chi connectivity index (χ2v) is 5.73. The molecule has 0 aliphatic heterocycles. The molecule has 112 valence electrons. The number of hydrogen-bond donors (Lipinski definition) is 1. The molecule has 3 rings (SSSR count). The number of hydrogen-bond acceptors (Lipinski definition) is 4. The van der Waals surface area contributed by atoms with E-state index >= 15 is 0 Å². The van der Waals surface area contributed by atoms with Gasteiger partial charge in [-0.1, -0.05) is 24.3 Å². The molecule has 0 unspecified atom stereocenters. The number of nitrogens with zero attached hydrogens (tertiary/aromatic N) is 3. The first-order valence-electron chi connectivity index (χ1n) is 7.33. The summed E-state index contributed by atoms with van der Waals surface area (Å²) in [6.07, 6.45) is 0. The Morgan fingerprint density at radius 2 is 1.73 bits per heavy atom. The van der Waals surface area contributed by atoms with E-state index in [4.69, 9.17) is 0 Å². The first-order chi connectivity index (χ1) is 10.5. The van der Waals surface area contributed by atoms with Gasteiger partial charge in [0.15, 0.2) is 0 Å². The Bertz CT molecular complexity index is 824. The average molecular weight is 292 g/mol. The van der Waals surface area contributed by atoms with Crippen molar-refractivity contribution in [3.63, 3.8) is 0 Å². The van der Waals surface area contributed by atoms with Gasteiger partial charge in [0.25, 0.3) is 0 Å². The molecule has 0 aliphatic rings. The highest BCUT2D eigenvalue weighted by atomic mass is 15.2. The van der Waals surface area contributed by atoms with Crippen molar-refractivity contribution in [2.45, 2.75) is 13.8 Å². The highest BCUT2D eigenvalue weighted by Crippen LogP contribution is 2.26. The maximum absolute atomic E-state index is 4.67. The van der Waals surface area contributed by atoms with Crippen LogP contribution < -0.4 is 10.2 Å². The lowest BCUT2D eigenvalue weighted by molar-refractivity contribution is 1.06. The lowest BCUT2D eigenvalue weighted by Gasteiger charge is -2.16. The van der Waals surface area contributed by atoms with Gasteiger partial charge < -0.3 is 10.2 Å². The fourth-order valence-corrected chi connectivity index (χ4v) is 2.45. The van der Waals surface area contributed by atoms with E-state index in [9.17, 15) is 0 Å². The molecule has 0 spiro atoms. The Morgan fingerprint density at radius 1 is 0.955 bits per heavy atom. The minimum absolute atomic E-state index is 0.621. The second kappa shape index (κ2) is 5.64. The van der Waals surface area contributed by atoms with Crippen molar-refractivity contribution in [1.82, 2.24) is 9.97 Å². The fourth-order valence-electron chi connectivity index (χ4n) is 2.45. The molecule has 0 radical (unpaired) electrons. The van der Waals surface area contributed by atoms with Crippen molar-refractivity contribution in [2.75, 3.05) is 24.3 Å². The number of aryl methyl sites for hydroxylation is 2. The molecule has 0 atom stereocenters. The summed E-state index contributed by atoms with van der Waals surface area (Å²) in [6.45, 7) is 4.16. The van der Waals surface area contributed by atoms with Crippen LogP contribution in [0.25, 0.3) is 10.9 Å². The first kappa shape index (κ1) is 14.3. The van der Waals surface area contributed by atoms with Crippen molar-refractivity contribution < 1.29 is 0 Å². The fraction of sp³-hybridized carbons (Fsp3) is 0.222. The Kier molecular flexibility index (Phi) is 3.67. The Labute approximate surface area is 130 Å². The topological polar surface area (TPSA) is 41.1 Å². The monoisotopic (exact) mass is 292 g/mol. The van der Waals surface area contributed by atoms with Crippen molar-refractivity contribution in [3.05, 3.63) is 53.6 Å². The minimum Gasteiger partial charge on any atom is -0.362 e. The van der Waals surface area contributed by atoms with Gasteiger partial charge in [-0.25, -0.2) is 4.98 Å². The van der Waals surface area contributed by atoms with E-state index < -0.39 is 0 Å². The van der Waals surface area contributed by atoms with Crippen LogP contribution in [0.15, 0.2) is 42.5 Å². The predicted molar refractivity (Wildman–Crippen MR) is 93.1 cm³/mol. The van der Waals surface area contributed by atoms with Gasteiger partial charge in [-0.15, -0.1) is 0 Å². The Hall–Kier alpha value is -2.62. The number of aromatic nitrogens is 2. The molecular formula is C18H20N4. The zero-order chi connectivity index (χ0) is 15.7. The highest BCUT2D eigenvalue weighted by Gasteiger charge is 2.10. The molecule has 22 heavy (non-hydrogen) atoms. The van der Waals surface area contributed by atoms with Crippen molar-refractivity contribution in [1.29, 1.82) is 0 Å². The van der Waals surface area contributed by atoms with Gasteiger partial charge in [0.05, 0.1) is 5.52 Å². The summed E-state index contributed by atoms with van der Waals surface area (Å²) in [6, 6.07) is 14.4. The predicted octanol–water partition coefficient (Wildman–Crippen LogP) is 4.06. The van der Waals surface area contributed by atoms with Crippen molar-refractivity contribution >= 4 is 28.4 Å². The number of rotatable bonds is 3. The largest absolute Gasteiger partial charge is 0.362 e. The molecule has 2 aromatic carbocycles. The summed E-state index contributed by atoms with van der Waals surface area (Å²) in [5.41, 5.74) is 4.37. The van der Waals surface area contributed by atoms with Crippen molar-refractivity contribution in [3.8, 4) is 0 Å². The molecule has 0 saturated carbocycles. The van der Waals surface area contributed by atoms with Crippen LogP contribution in [0.3, 0.4) is 0 Å². The molecular weight excluding hydrogens is 272 g/mol. The molecule has 3 aromatic rings. The number of nitrogens with one attached hydrogen (secondary N) is 1. The third-order valence-corrected chi connectivity index (χ3v) is 3.65. The summed E-state index contributed by atoms with van der Waals surface area (Å²) in [5.74, 6) is 1.54. The van der Waals surface area contributed by atoms with Crippen LogP contribution in [-0.2, 0) is 0 Å². The van der Waals surface area contributed by atoms with Crippen LogP contribution in [0.2, 0.25) is 0 Å². The molecule has 0 aliphatic carbocycles. The van der Waals surface area contributed by atoms with Gasteiger partial charge in [-0.2, -0.15) is 4.98 Å². The molecule has 0 fully saturated rings. The zero-order valence-electron chi connectivity index (χ0n) is 13.4. The number of para-hydroxylation sites is 1. The van der Waals surface area contributed by atoms with Crippen LogP contribution in [0, 0.1) is 13.8 Å². The maximum atomic E-state index is 4.67.